The number of fused-ring (bicyclic) bond motifs is 1. The summed E-state index contributed by atoms with van der Waals surface area (Å²) in [6, 6.07) is 5.38. The maximum atomic E-state index is 12.1. The lowest BCUT2D eigenvalue weighted by Gasteiger charge is -2.24. The highest BCUT2D eigenvalue weighted by Crippen LogP contribution is 2.26. The van der Waals surface area contributed by atoms with Gasteiger partial charge in [0.15, 0.2) is 0 Å². The number of rotatable bonds is 5. The van der Waals surface area contributed by atoms with Crippen molar-refractivity contribution in [3.8, 4) is 0 Å². The molecule has 5 nitrogen and oxygen atoms in total. The number of carbonyl (C=O) groups is 2. The van der Waals surface area contributed by atoms with E-state index in [1.54, 1.807) is 17.6 Å². The SMILES string of the molecule is CCCCNC(=O)C1CCc2ccc(C(=O)NO)cc2C1. The maximum absolute atomic E-state index is 12.1. The number of aryl methyl sites for hydroxylation is 1. The molecule has 3 N–H and O–H groups in total. The van der Waals surface area contributed by atoms with Crippen LogP contribution in [0.25, 0.3) is 0 Å². The first kappa shape index (κ1) is 15.5. The lowest BCUT2D eigenvalue weighted by atomic mass is 9.82. The number of hydroxylamine groups is 1. The Morgan fingerprint density at radius 3 is 2.86 bits per heavy atom. The zero-order chi connectivity index (χ0) is 15.2. The van der Waals surface area contributed by atoms with Gasteiger partial charge in [-0.05, 0) is 48.9 Å². The van der Waals surface area contributed by atoms with E-state index in [4.69, 9.17) is 5.21 Å². The van der Waals surface area contributed by atoms with Gasteiger partial charge < -0.3 is 5.32 Å². The summed E-state index contributed by atoms with van der Waals surface area (Å²) in [6.07, 6.45) is 4.40. The molecule has 0 saturated heterocycles. The van der Waals surface area contributed by atoms with E-state index in [0.29, 0.717) is 12.0 Å². The van der Waals surface area contributed by atoms with Gasteiger partial charge in [0, 0.05) is 18.0 Å². The number of carbonyl (C=O) groups excluding carboxylic acids is 2. The highest BCUT2D eigenvalue weighted by atomic mass is 16.5. The predicted molar refractivity (Wildman–Crippen MR) is 79.1 cm³/mol. The smallest absolute Gasteiger partial charge is 0.274 e. The minimum atomic E-state index is -0.521. The van der Waals surface area contributed by atoms with Crippen molar-refractivity contribution >= 4 is 11.8 Å². The molecular formula is C16H22N2O3. The van der Waals surface area contributed by atoms with Crippen molar-refractivity contribution in [3.05, 3.63) is 34.9 Å². The topological polar surface area (TPSA) is 78.4 Å². The Morgan fingerprint density at radius 2 is 2.14 bits per heavy atom. The molecule has 0 aliphatic heterocycles. The van der Waals surface area contributed by atoms with Crippen molar-refractivity contribution in [1.82, 2.24) is 10.8 Å². The molecule has 1 aromatic carbocycles. The average molecular weight is 290 g/mol. The van der Waals surface area contributed by atoms with Crippen LogP contribution in [0.5, 0.6) is 0 Å². The fourth-order valence-electron chi connectivity index (χ4n) is 2.72. The third-order valence-corrected chi connectivity index (χ3v) is 4.00. The third kappa shape index (κ3) is 3.82. The normalized spacial score (nSPS) is 17.0. The van der Waals surface area contributed by atoms with Crippen LogP contribution in [0.15, 0.2) is 18.2 Å². The van der Waals surface area contributed by atoms with Gasteiger partial charge in [-0.2, -0.15) is 0 Å². The van der Waals surface area contributed by atoms with E-state index in [1.165, 1.54) is 5.56 Å². The zero-order valence-corrected chi connectivity index (χ0v) is 12.3. The van der Waals surface area contributed by atoms with E-state index in [0.717, 1.165) is 37.8 Å². The third-order valence-electron chi connectivity index (χ3n) is 4.00. The lowest BCUT2D eigenvalue weighted by Crippen LogP contribution is -2.34. The van der Waals surface area contributed by atoms with E-state index in [2.05, 4.69) is 12.2 Å². The zero-order valence-electron chi connectivity index (χ0n) is 12.3. The summed E-state index contributed by atoms with van der Waals surface area (Å²) in [4.78, 5) is 23.6. The summed E-state index contributed by atoms with van der Waals surface area (Å²) in [5, 5.41) is 11.7. The molecule has 0 saturated carbocycles. The Bertz CT molecular complexity index is 528. The van der Waals surface area contributed by atoms with Crippen LogP contribution in [-0.4, -0.2) is 23.6 Å². The van der Waals surface area contributed by atoms with Crippen molar-refractivity contribution < 1.29 is 14.8 Å². The molecule has 2 amide bonds. The molecule has 0 bridgehead atoms. The Balaban J connectivity index is 2.04. The quantitative estimate of drug-likeness (QED) is 0.440. The molecule has 1 aliphatic carbocycles. The van der Waals surface area contributed by atoms with E-state index < -0.39 is 5.91 Å². The fraction of sp³-hybridized carbons (Fsp3) is 0.500. The van der Waals surface area contributed by atoms with Crippen molar-refractivity contribution in [2.45, 2.75) is 39.0 Å². The number of hydrogen-bond donors (Lipinski definition) is 3. The number of unbranched alkanes of at least 4 members (excludes halogenated alkanes) is 1. The van der Waals surface area contributed by atoms with Crippen molar-refractivity contribution in [2.75, 3.05) is 6.54 Å². The van der Waals surface area contributed by atoms with Crippen LogP contribution in [0, 0.1) is 5.92 Å². The molecule has 1 aromatic rings. The van der Waals surface area contributed by atoms with Crippen LogP contribution in [0.4, 0.5) is 0 Å². The second-order valence-corrected chi connectivity index (χ2v) is 5.51. The highest BCUT2D eigenvalue weighted by molar-refractivity contribution is 5.93. The molecule has 2 rings (SSSR count). The van der Waals surface area contributed by atoms with Crippen LogP contribution >= 0.6 is 0 Å². The van der Waals surface area contributed by atoms with Gasteiger partial charge in [-0.3, -0.25) is 14.8 Å². The van der Waals surface area contributed by atoms with E-state index >= 15 is 0 Å². The van der Waals surface area contributed by atoms with Gasteiger partial charge in [0.2, 0.25) is 5.91 Å². The Kier molecular flexibility index (Phi) is 5.33. The first-order valence-corrected chi connectivity index (χ1v) is 7.49. The molecule has 1 unspecified atom stereocenters. The molecule has 0 aromatic heterocycles. The number of hydrogen-bond acceptors (Lipinski definition) is 3. The fourth-order valence-corrected chi connectivity index (χ4v) is 2.72. The molecular weight excluding hydrogens is 268 g/mol. The molecule has 0 fully saturated rings. The second-order valence-electron chi connectivity index (χ2n) is 5.51. The predicted octanol–water partition coefficient (Wildman–Crippen LogP) is 1.83. The maximum Gasteiger partial charge on any atom is 0.274 e. The number of nitrogens with one attached hydrogen (secondary N) is 2. The van der Waals surface area contributed by atoms with Crippen LogP contribution in [0.3, 0.4) is 0 Å². The standard InChI is InChI=1S/C16H22N2O3/c1-2-3-8-17-15(19)12-6-4-11-5-7-13(16(20)18-21)10-14(11)9-12/h5,7,10,12,21H,2-4,6,8-9H2,1H3,(H,17,19)(H,18,20). The summed E-state index contributed by atoms with van der Waals surface area (Å²) in [5.41, 5.74) is 4.27. The minimum absolute atomic E-state index is 0.0261. The monoisotopic (exact) mass is 290 g/mol. The molecule has 0 heterocycles. The summed E-state index contributed by atoms with van der Waals surface area (Å²) in [5.74, 6) is -0.444. The molecule has 1 aliphatic rings. The van der Waals surface area contributed by atoms with Crippen molar-refractivity contribution in [2.24, 2.45) is 5.92 Å². The Morgan fingerprint density at radius 1 is 1.33 bits per heavy atom. The molecule has 5 heteroatoms. The molecule has 0 radical (unpaired) electrons. The number of benzene rings is 1. The first-order valence-electron chi connectivity index (χ1n) is 7.49. The van der Waals surface area contributed by atoms with Crippen LogP contribution < -0.4 is 10.8 Å². The van der Waals surface area contributed by atoms with Crippen LogP contribution in [0.1, 0.15) is 47.7 Å². The van der Waals surface area contributed by atoms with E-state index in [1.807, 2.05) is 6.07 Å². The summed E-state index contributed by atoms with van der Waals surface area (Å²) >= 11 is 0. The molecule has 114 valence electrons. The second kappa shape index (κ2) is 7.22. The van der Waals surface area contributed by atoms with Crippen molar-refractivity contribution in [3.63, 3.8) is 0 Å². The van der Waals surface area contributed by atoms with Gasteiger partial charge in [-0.15, -0.1) is 0 Å². The van der Waals surface area contributed by atoms with E-state index in [-0.39, 0.29) is 11.8 Å². The van der Waals surface area contributed by atoms with Gasteiger partial charge in [-0.25, -0.2) is 5.48 Å². The lowest BCUT2D eigenvalue weighted by molar-refractivity contribution is -0.125. The largest absolute Gasteiger partial charge is 0.356 e. The van der Waals surface area contributed by atoms with Gasteiger partial charge >= 0.3 is 0 Å². The molecule has 21 heavy (non-hydrogen) atoms. The van der Waals surface area contributed by atoms with Gasteiger partial charge in [-0.1, -0.05) is 19.4 Å². The van der Waals surface area contributed by atoms with Crippen LogP contribution in [0.2, 0.25) is 0 Å². The highest BCUT2D eigenvalue weighted by Gasteiger charge is 2.25. The molecule has 0 spiro atoms. The van der Waals surface area contributed by atoms with E-state index in [9.17, 15) is 9.59 Å². The van der Waals surface area contributed by atoms with Gasteiger partial charge in [0.1, 0.15) is 0 Å². The van der Waals surface area contributed by atoms with Crippen molar-refractivity contribution in [1.29, 1.82) is 0 Å². The van der Waals surface area contributed by atoms with Crippen LogP contribution in [-0.2, 0) is 17.6 Å². The molecule has 1 atom stereocenters. The average Bonchev–Trinajstić information content (AvgIpc) is 2.53. The first-order chi connectivity index (χ1) is 10.2. The van der Waals surface area contributed by atoms with Gasteiger partial charge in [0.25, 0.3) is 5.91 Å². The summed E-state index contributed by atoms with van der Waals surface area (Å²) in [6.45, 7) is 2.82. The minimum Gasteiger partial charge on any atom is -0.356 e. The Hall–Kier alpha value is -1.88. The van der Waals surface area contributed by atoms with Gasteiger partial charge in [0.05, 0.1) is 0 Å². The Labute approximate surface area is 124 Å². The number of amides is 2. The summed E-state index contributed by atoms with van der Waals surface area (Å²) < 4.78 is 0. The summed E-state index contributed by atoms with van der Waals surface area (Å²) in [7, 11) is 0.